The molecular weight excluding hydrogens is 232 g/mol. The van der Waals surface area contributed by atoms with Crippen LogP contribution < -0.4 is 0 Å². The van der Waals surface area contributed by atoms with Crippen LogP contribution in [0.4, 0.5) is 0 Å². The molecule has 0 fully saturated rings. The lowest BCUT2D eigenvalue weighted by Gasteiger charge is -2.04. The number of carbonyl (C=O) groups excluding carboxylic acids is 1. The van der Waals surface area contributed by atoms with Crippen molar-refractivity contribution >= 4 is 5.97 Å². The normalized spacial score (nSPS) is 10.4. The van der Waals surface area contributed by atoms with Gasteiger partial charge in [0.15, 0.2) is 11.5 Å². The molecule has 18 heavy (non-hydrogen) atoms. The Kier molecular flexibility index (Phi) is 3.36. The summed E-state index contributed by atoms with van der Waals surface area (Å²) in [6, 6.07) is 1.64. The number of aryl methyl sites for hydroxylation is 2. The Morgan fingerprint density at radius 1 is 1.44 bits per heavy atom. The van der Waals surface area contributed by atoms with Crippen LogP contribution in [0.2, 0.25) is 0 Å². The topological polar surface area (TPSA) is 69.9 Å². The number of aromatic nitrogens is 4. The number of hydrogen-bond donors (Lipinski definition) is 0. The maximum absolute atomic E-state index is 11.5. The summed E-state index contributed by atoms with van der Waals surface area (Å²) in [6.45, 7) is 1.97. The summed E-state index contributed by atoms with van der Waals surface area (Å²) in [5.74, 6) is 0.0279. The van der Waals surface area contributed by atoms with Gasteiger partial charge >= 0.3 is 5.97 Å². The van der Waals surface area contributed by atoms with Crippen LogP contribution >= 0.6 is 0 Å². The highest BCUT2D eigenvalue weighted by molar-refractivity contribution is 5.87. The van der Waals surface area contributed by atoms with E-state index >= 15 is 0 Å². The number of hydrogen-bond acceptors (Lipinski definition) is 5. The molecule has 0 N–H and O–H groups in total. The molecule has 0 saturated heterocycles. The van der Waals surface area contributed by atoms with Gasteiger partial charge in [-0.25, -0.2) is 14.8 Å². The molecule has 0 aromatic carbocycles. The average Bonchev–Trinajstić information content (AvgIpc) is 2.84. The summed E-state index contributed by atoms with van der Waals surface area (Å²) < 4.78 is 6.34. The third-order valence-corrected chi connectivity index (χ3v) is 2.50. The van der Waals surface area contributed by atoms with Crippen molar-refractivity contribution < 1.29 is 9.53 Å². The summed E-state index contributed by atoms with van der Waals surface area (Å²) >= 11 is 0. The molecule has 0 spiro atoms. The highest BCUT2D eigenvalue weighted by Crippen LogP contribution is 2.15. The van der Waals surface area contributed by atoms with Crippen molar-refractivity contribution in [3.05, 3.63) is 29.8 Å². The molecule has 6 heteroatoms. The molecular formula is C12H14N4O2. The minimum absolute atomic E-state index is 0.267. The Morgan fingerprint density at radius 3 is 2.78 bits per heavy atom. The van der Waals surface area contributed by atoms with Gasteiger partial charge in [0.2, 0.25) is 0 Å². The van der Waals surface area contributed by atoms with Gasteiger partial charge in [0, 0.05) is 18.9 Å². The SMILES string of the molecule is CCc1cc(C(=O)OC)nc(-c2cnn(C)c2)n1. The van der Waals surface area contributed by atoms with E-state index in [-0.39, 0.29) is 5.69 Å². The predicted molar refractivity (Wildman–Crippen MR) is 65.0 cm³/mol. The molecule has 6 nitrogen and oxygen atoms in total. The van der Waals surface area contributed by atoms with Gasteiger partial charge in [0.1, 0.15) is 0 Å². The van der Waals surface area contributed by atoms with Crippen molar-refractivity contribution in [2.45, 2.75) is 13.3 Å². The molecule has 2 heterocycles. The van der Waals surface area contributed by atoms with Crippen LogP contribution in [0.1, 0.15) is 23.1 Å². The molecule has 2 rings (SSSR count). The minimum Gasteiger partial charge on any atom is -0.464 e. The average molecular weight is 246 g/mol. The zero-order valence-corrected chi connectivity index (χ0v) is 10.5. The Hall–Kier alpha value is -2.24. The molecule has 94 valence electrons. The molecule has 0 radical (unpaired) electrons. The quantitative estimate of drug-likeness (QED) is 0.762. The van der Waals surface area contributed by atoms with Crippen LogP contribution in [0.5, 0.6) is 0 Å². The van der Waals surface area contributed by atoms with Gasteiger partial charge in [-0.3, -0.25) is 4.68 Å². The van der Waals surface area contributed by atoms with E-state index in [0.717, 1.165) is 17.7 Å². The van der Waals surface area contributed by atoms with Gasteiger partial charge in [0.25, 0.3) is 0 Å². The number of rotatable bonds is 3. The van der Waals surface area contributed by atoms with Crippen LogP contribution in [0.3, 0.4) is 0 Å². The van der Waals surface area contributed by atoms with E-state index in [1.54, 1.807) is 23.1 Å². The first-order chi connectivity index (χ1) is 8.63. The van der Waals surface area contributed by atoms with Gasteiger partial charge in [-0.15, -0.1) is 0 Å². The lowest BCUT2D eigenvalue weighted by Crippen LogP contribution is -2.08. The predicted octanol–water partition coefficient (Wildman–Crippen LogP) is 1.23. The Bertz CT molecular complexity index is 577. The molecule has 0 amide bonds. The second kappa shape index (κ2) is 4.95. The number of nitrogens with zero attached hydrogens (tertiary/aromatic N) is 4. The van der Waals surface area contributed by atoms with Crippen LogP contribution in [0, 0.1) is 0 Å². The highest BCUT2D eigenvalue weighted by Gasteiger charge is 2.13. The van der Waals surface area contributed by atoms with Gasteiger partial charge in [-0.05, 0) is 12.5 Å². The van der Waals surface area contributed by atoms with Crippen LogP contribution in [-0.2, 0) is 18.2 Å². The lowest BCUT2D eigenvalue weighted by molar-refractivity contribution is 0.0594. The standard InChI is InChI=1S/C12H14N4O2/c1-4-9-5-10(12(17)18-3)15-11(14-9)8-6-13-16(2)7-8/h5-7H,4H2,1-3H3. The first-order valence-electron chi connectivity index (χ1n) is 5.59. The van der Waals surface area contributed by atoms with E-state index in [4.69, 9.17) is 0 Å². The van der Waals surface area contributed by atoms with E-state index in [1.807, 2.05) is 14.0 Å². The van der Waals surface area contributed by atoms with E-state index in [0.29, 0.717) is 5.82 Å². The van der Waals surface area contributed by atoms with Crippen LogP contribution in [0.15, 0.2) is 18.5 Å². The summed E-state index contributed by atoms with van der Waals surface area (Å²) in [5, 5.41) is 4.06. The fraction of sp³-hybridized carbons (Fsp3) is 0.333. The smallest absolute Gasteiger partial charge is 0.356 e. The number of carbonyl (C=O) groups is 1. The summed E-state index contributed by atoms with van der Waals surface area (Å²) in [6.07, 6.45) is 4.19. The number of ether oxygens (including phenoxy) is 1. The Balaban J connectivity index is 2.50. The van der Waals surface area contributed by atoms with Crippen molar-refractivity contribution in [1.82, 2.24) is 19.7 Å². The third kappa shape index (κ3) is 2.37. The third-order valence-electron chi connectivity index (χ3n) is 2.50. The Morgan fingerprint density at radius 2 is 2.22 bits per heavy atom. The maximum Gasteiger partial charge on any atom is 0.356 e. The van der Waals surface area contributed by atoms with E-state index < -0.39 is 5.97 Å². The molecule has 0 bridgehead atoms. The first kappa shape index (κ1) is 12.2. The van der Waals surface area contributed by atoms with E-state index in [2.05, 4.69) is 19.8 Å². The van der Waals surface area contributed by atoms with Crippen LogP contribution in [0.25, 0.3) is 11.4 Å². The first-order valence-corrected chi connectivity index (χ1v) is 5.59. The van der Waals surface area contributed by atoms with E-state index in [9.17, 15) is 4.79 Å². The summed E-state index contributed by atoms with van der Waals surface area (Å²) in [7, 11) is 3.15. The fourth-order valence-electron chi connectivity index (χ4n) is 1.55. The van der Waals surface area contributed by atoms with Gasteiger partial charge in [0.05, 0.1) is 18.9 Å². The molecule has 0 saturated carbocycles. The number of methoxy groups -OCH3 is 1. The Labute approximate surface area is 105 Å². The molecule has 0 unspecified atom stereocenters. The summed E-state index contributed by atoms with van der Waals surface area (Å²) in [4.78, 5) is 20.1. The van der Waals surface area contributed by atoms with Crippen molar-refractivity contribution in [1.29, 1.82) is 0 Å². The molecule has 0 aliphatic heterocycles. The molecule has 0 aliphatic carbocycles. The molecule has 2 aromatic rings. The maximum atomic E-state index is 11.5. The monoisotopic (exact) mass is 246 g/mol. The van der Waals surface area contributed by atoms with Gasteiger partial charge < -0.3 is 4.74 Å². The van der Waals surface area contributed by atoms with Crippen molar-refractivity contribution in [2.75, 3.05) is 7.11 Å². The second-order valence-corrected chi connectivity index (χ2v) is 3.82. The lowest BCUT2D eigenvalue weighted by atomic mass is 10.2. The number of esters is 1. The van der Waals surface area contributed by atoms with Gasteiger partial charge in [-0.1, -0.05) is 6.92 Å². The minimum atomic E-state index is -0.461. The fourth-order valence-corrected chi connectivity index (χ4v) is 1.55. The molecule has 0 atom stereocenters. The molecule has 0 aliphatic rings. The van der Waals surface area contributed by atoms with Crippen molar-refractivity contribution in [2.24, 2.45) is 7.05 Å². The van der Waals surface area contributed by atoms with Crippen molar-refractivity contribution in [3.8, 4) is 11.4 Å². The zero-order valence-electron chi connectivity index (χ0n) is 10.5. The zero-order chi connectivity index (χ0) is 13.1. The van der Waals surface area contributed by atoms with Gasteiger partial charge in [-0.2, -0.15) is 5.10 Å². The second-order valence-electron chi connectivity index (χ2n) is 3.82. The largest absolute Gasteiger partial charge is 0.464 e. The van der Waals surface area contributed by atoms with Crippen molar-refractivity contribution in [3.63, 3.8) is 0 Å². The summed E-state index contributed by atoms with van der Waals surface area (Å²) in [5.41, 5.74) is 1.84. The highest BCUT2D eigenvalue weighted by atomic mass is 16.5. The van der Waals surface area contributed by atoms with Crippen LogP contribution in [-0.4, -0.2) is 32.8 Å². The molecule has 2 aromatic heterocycles. The van der Waals surface area contributed by atoms with E-state index in [1.165, 1.54) is 7.11 Å².